The quantitative estimate of drug-likeness (QED) is 0.375. The first kappa shape index (κ1) is 24.3. The lowest BCUT2D eigenvalue weighted by Crippen LogP contribution is -2.45. The van der Waals surface area contributed by atoms with Gasteiger partial charge in [-0.2, -0.15) is 0 Å². The van der Waals surface area contributed by atoms with Crippen molar-refractivity contribution in [3.8, 4) is 11.5 Å². The van der Waals surface area contributed by atoms with E-state index in [0.29, 0.717) is 31.6 Å². The summed E-state index contributed by atoms with van der Waals surface area (Å²) in [7, 11) is 0. The molecule has 0 spiro atoms. The smallest absolute Gasteiger partial charge is 0.237 e. The predicted octanol–water partition coefficient (Wildman–Crippen LogP) is 4.76. The molecule has 3 aromatic carbocycles. The fraction of sp³-hybridized carbons (Fsp3) is 0.321. The molecule has 0 heterocycles. The van der Waals surface area contributed by atoms with Crippen molar-refractivity contribution in [3.05, 3.63) is 95.6 Å². The van der Waals surface area contributed by atoms with Crippen molar-refractivity contribution < 1.29 is 14.6 Å². The van der Waals surface area contributed by atoms with E-state index in [1.165, 1.54) is 5.56 Å². The molecule has 0 saturated heterocycles. The van der Waals surface area contributed by atoms with E-state index in [4.69, 9.17) is 10.5 Å². The number of aromatic hydroxyl groups is 1. The SMILES string of the molecule is CCC(CCc1cccc(OCc2ccccc2)c1O)NC(=O)[C@@H](N)CCc1ccccc1. The number of aryl methyl sites for hydroxylation is 2. The summed E-state index contributed by atoms with van der Waals surface area (Å²) < 4.78 is 5.82. The lowest BCUT2D eigenvalue weighted by molar-refractivity contribution is -0.123. The summed E-state index contributed by atoms with van der Waals surface area (Å²) in [6.45, 7) is 2.44. The summed E-state index contributed by atoms with van der Waals surface area (Å²) in [5.41, 5.74) is 9.16. The van der Waals surface area contributed by atoms with Gasteiger partial charge in [0.25, 0.3) is 0 Å². The van der Waals surface area contributed by atoms with Gasteiger partial charge in [-0.1, -0.05) is 79.7 Å². The number of para-hydroxylation sites is 1. The molecule has 5 heteroatoms. The number of ether oxygens (including phenoxy) is 1. The van der Waals surface area contributed by atoms with Crippen LogP contribution in [0.2, 0.25) is 0 Å². The Labute approximate surface area is 196 Å². The molecule has 0 radical (unpaired) electrons. The number of nitrogens with one attached hydrogen (secondary N) is 1. The Kier molecular flexibility index (Phi) is 9.33. The molecular formula is C28H34N2O3. The van der Waals surface area contributed by atoms with Gasteiger partial charge >= 0.3 is 0 Å². The van der Waals surface area contributed by atoms with Gasteiger partial charge in [-0.05, 0) is 54.9 Å². The summed E-state index contributed by atoms with van der Waals surface area (Å²) in [5, 5.41) is 13.7. The number of amides is 1. The van der Waals surface area contributed by atoms with E-state index in [1.807, 2.05) is 79.7 Å². The van der Waals surface area contributed by atoms with Crippen molar-refractivity contribution >= 4 is 5.91 Å². The predicted molar refractivity (Wildman–Crippen MR) is 132 cm³/mol. The Balaban J connectivity index is 1.49. The van der Waals surface area contributed by atoms with Gasteiger partial charge in [0.2, 0.25) is 5.91 Å². The lowest BCUT2D eigenvalue weighted by Gasteiger charge is -2.20. The molecule has 3 aromatic rings. The fourth-order valence-electron chi connectivity index (χ4n) is 3.74. The van der Waals surface area contributed by atoms with Gasteiger partial charge in [-0.25, -0.2) is 0 Å². The molecule has 33 heavy (non-hydrogen) atoms. The van der Waals surface area contributed by atoms with Crippen LogP contribution in [0.1, 0.15) is 42.9 Å². The number of carbonyl (C=O) groups is 1. The minimum absolute atomic E-state index is 0.00596. The number of carbonyl (C=O) groups excluding carboxylic acids is 1. The van der Waals surface area contributed by atoms with Gasteiger partial charge in [0.05, 0.1) is 6.04 Å². The zero-order chi connectivity index (χ0) is 23.5. The van der Waals surface area contributed by atoms with Gasteiger partial charge in [0.15, 0.2) is 11.5 Å². The monoisotopic (exact) mass is 446 g/mol. The van der Waals surface area contributed by atoms with Crippen molar-refractivity contribution in [2.75, 3.05) is 0 Å². The highest BCUT2D eigenvalue weighted by molar-refractivity contribution is 5.81. The Morgan fingerprint density at radius 1 is 0.909 bits per heavy atom. The van der Waals surface area contributed by atoms with E-state index in [-0.39, 0.29) is 17.7 Å². The van der Waals surface area contributed by atoms with Crippen LogP contribution in [-0.2, 0) is 24.2 Å². The standard InChI is InChI=1S/C28H34N2O3/c1-2-24(30-28(32)25(29)19-16-21-10-5-3-6-11-21)18-17-23-14-9-15-26(27(23)31)33-20-22-12-7-4-8-13-22/h3-15,24-25,31H,2,16-20,29H2,1H3,(H,30,32)/t24?,25-/m0/s1. The van der Waals surface area contributed by atoms with Crippen molar-refractivity contribution in [2.24, 2.45) is 5.73 Å². The number of phenolic OH excluding ortho intramolecular Hbond substituents is 1. The summed E-state index contributed by atoms with van der Waals surface area (Å²) >= 11 is 0. The van der Waals surface area contributed by atoms with Crippen LogP contribution in [0.3, 0.4) is 0 Å². The Morgan fingerprint density at radius 2 is 1.58 bits per heavy atom. The van der Waals surface area contributed by atoms with E-state index in [1.54, 1.807) is 6.07 Å². The molecule has 0 fully saturated rings. The van der Waals surface area contributed by atoms with E-state index in [9.17, 15) is 9.90 Å². The first-order valence-electron chi connectivity index (χ1n) is 11.6. The first-order valence-corrected chi connectivity index (χ1v) is 11.6. The number of benzene rings is 3. The lowest BCUT2D eigenvalue weighted by atomic mass is 10.0. The van der Waals surface area contributed by atoms with Gasteiger partial charge < -0.3 is 20.9 Å². The third-order valence-corrected chi connectivity index (χ3v) is 5.84. The van der Waals surface area contributed by atoms with Crippen LogP contribution in [-0.4, -0.2) is 23.1 Å². The van der Waals surface area contributed by atoms with E-state index >= 15 is 0 Å². The maximum atomic E-state index is 12.6. The average molecular weight is 447 g/mol. The van der Waals surface area contributed by atoms with Crippen LogP contribution in [0.5, 0.6) is 11.5 Å². The normalized spacial score (nSPS) is 12.7. The Morgan fingerprint density at radius 3 is 2.24 bits per heavy atom. The number of rotatable bonds is 12. The molecule has 5 nitrogen and oxygen atoms in total. The number of hydrogen-bond acceptors (Lipinski definition) is 4. The summed E-state index contributed by atoms with van der Waals surface area (Å²) in [5.74, 6) is 0.507. The molecule has 1 unspecified atom stereocenters. The second-order valence-corrected chi connectivity index (χ2v) is 8.32. The van der Waals surface area contributed by atoms with E-state index < -0.39 is 6.04 Å². The number of phenols is 1. The zero-order valence-electron chi connectivity index (χ0n) is 19.2. The number of hydrogen-bond donors (Lipinski definition) is 3. The summed E-state index contributed by atoms with van der Waals surface area (Å²) in [4.78, 5) is 12.6. The number of nitrogens with two attached hydrogens (primary N) is 1. The molecule has 174 valence electrons. The highest BCUT2D eigenvalue weighted by Gasteiger charge is 2.18. The third-order valence-electron chi connectivity index (χ3n) is 5.84. The van der Waals surface area contributed by atoms with Crippen LogP contribution in [0.15, 0.2) is 78.9 Å². The molecule has 3 rings (SSSR count). The molecule has 0 saturated carbocycles. The largest absolute Gasteiger partial charge is 0.504 e. The van der Waals surface area contributed by atoms with Gasteiger partial charge in [-0.3, -0.25) is 4.79 Å². The molecule has 0 aliphatic rings. The summed E-state index contributed by atoms with van der Waals surface area (Å²) in [6, 6.07) is 24.9. The molecule has 0 aliphatic heterocycles. The van der Waals surface area contributed by atoms with Crippen LogP contribution < -0.4 is 15.8 Å². The molecular weight excluding hydrogens is 412 g/mol. The van der Waals surface area contributed by atoms with Crippen molar-refractivity contribution in [2.45, 2.75) is 57.7 Å². The Hall–Kier alpha value is -3.31. The molecule has 1 amide bonds. The molecule has 4 N–H and O–H groups in total. The first-order chi connectivity index (χ1) is 16.1. The van der Waals surface area contributed by atoms with Gasteiger partial charge in [0.1, 0.15) is 6.61 Å². The summed E-state index contributed by atoms with van der Waals surface area (Å²) in [6.07, 6.45) is 3.52. The highest BCUT2D eigenvalue weighted by atomic mass is 16.5. The average Bonchev–Trinajstić information content (AvgIpc) is 2.86. The Bertz CT molecular complexity index is 993. The minimum Gasteiger partial charge on any atom is -0.504 e. The van der Waals surface area contributed by atoms with E-state index in [0.717, 1.165) is 24.0 Å². The van der Waals surface area contributed by atoms with E-state index in [2.05, 4.69) is 5.32 Å². The maximum Gasteiger partial charge on any atom is 0.237 e. The minimum atomic E-state index is -0.539. The van der Waals surface area contributed by atoms with Crippen LogP contribution in [0.4, 0.5) is 0 Å². The molecule has 0 bridgehead atoms. The maximum absolute atomic E-state index is 12.6. The van der Waals surface area contributed by atoms with Crippen molar-refractivity contribution in [1.29, 1.82) is 0 Å². The second kappa shape index (κ2) is 12.7. The molecule has 0 aromatic heterocycles. The fourth-order valence-corrected chi connectivity index (χ4v) is 3.74. The van der Waals surface area contributed by atoms with Crippen LogP contribution >= 0.6 is 0 Å². The highest BCUT2D eigenvalue weighted by Crippen LogP contribution is 2.31. The van der Waals surface area contributed by atoms with Crippen molar-refractivity contribution in [1.82, 2.24) is 5.32 Å². The third kappa shape index (κ3) is 7.65. The van der Waals surface area contributed by atoms with Crippen LogP contribution in [0, 0.1) is 0 Å². The van der Waals surface area contributed by atoms with Gasteiger partial charge in [-0.15, -0.1) is 0 Å². The molecule has 0 aliphatic carbocycles. The second-order valence-electron chi connectivity index (χ2n) is 8.32. The zero-order valence-corrected chi connectivity index (χ0v) is 19.2. The van der Waals surface area contributed by atoms with Gasteiger partial charge in [0, 0.05) is 6.04 Å². The topological polar surface area (TPSA) is 84.6 Å². The van der Waals surface area contributed by atoms with Crippen molar-refractivity contribution in [3.63, 3.8) is 0 Å². The molecule has 2 atom stereocenters. The van der Waals surface area contributed by atoms with Crippen LogP contribution in [0.25, 0.3) is 0 Å².